The molecule has 0 radical (unpaired) electrons. The average Bonchev–Trinajstić information content (AvgIpc) is 2.96. The lowest BCUT2D eigenvalue weighted by atomic mass is 9.83. The van der Waals surface area contributed by atoms with Crippen LogP contribution in [0.2, 0.25) is 0 Å². The van der Waals surface area contributed by atoms with Gasteiger partial charge in [0.2, 0.25) is 0 Å². The number of rotatable bonds is 0. The molecule has 0 aromatic carbocycles. The van der Waals surface area contributed by atoms with Crippen molar-refractivity contribution in [3.8, 4) is 0 Å². The Labute approximate surface area is 158 Å². The molecule has 3 N–H and O–H groups in total. The monoisotopic (exact) mass is 381 g/mol. The molecule has 0 saturated carbocycles. The third-order valence-corrected chi connectivity index (χ3v) is 6.88. The fourth-order valence-corrected chi connectivity index (χ4v) is 5.53. The van der Waals surface area contributed by atoms with Gasteiger partial charge in [0.15, 0.2) is 0 Å². The van der Waals surface area contributed by atoms with E-state index in [0.717, 1.165) is 25.9 Å². The molecule has 2 bridgehead atoms. The molecular formula is C18H28FN5O3. The zero-order valence-corrected chi connectivity index (χ0v) is 15.6. The largest absolute Gasteiger partial charge is 0.373 e. The molecule has 5 aliphatic heterocycles. The minimum atomic E-state index is -1.28. The molecule has 0 aromatic rings. The second kappa shape index (κ2) is 6.65. The summed E-state index contributed by atoms with van der Waals surface area (Å²) in [6.45, 7) is 4.30. The van der Waals surface area contributed by atoms with E-state index in [9.17, 15) is 9.59 Å². The molecule has 27 heavy (non-hydrogen) atoms. The Hall–Kier alpha value is -1.29. The van der Waals surface area contributed by atoms with E-state index >= 15 is 4.39 Å². The van der Waals surface area contributed by atoms with Crippen LogP contribution in [0.15, 0.2) is 0 Å². The predicted molar refractivity (Wildman–Crippen MR) is 94.4 cm³/mol. The van der Waals surface area contributed by atoms with Gasteiger partial charge in [-0.1, -0.05) is 0 Å². The Bertz CT molecular complexity index is 636. The number of Topliss-reactive ketones (excluding diaryl/α,β-unsaturated/α-hetero) is 1. The van der Waals surface area contributed by atoms with Crippen molar-refractivity contribution in [1.82, 2.24) is 25.8 Å². The van der Waals surface area contributed by atoms with Crippen LogP contribution in [0.1, 0.15) is 32.6 Å². The average molecular weight is 381 g/mol. The fourth-order valence-electron chi connectivity index (χ4n) is 5.53. The molecule has 5 heterocycles. The Kier molecular flexibility index (Phi) is 4.38. The summed E-state index contributed by atoms with van der Waals surface area (Å²) in [7, 11) is 0. The lowest BCUT2D eigenvalue weighted by Gasteiger charge is -2.50. The standard InChI is InChI=1S/C18H28FN5O3/c1-9-3-6-23-7-4-12(25)10-8-11(19)17(22-16(10)23)24-14-13(27-9)2-5-20-15(14)21-18(24)26/h9-11,13-17,20,22H,2-8H2,1H3,(H,21,26)/t9-,10?,11?,13?,14?,15?,16?,17?/m0/s1. The minimum absolute atomic E-state index is 0.0431. The van der Waals surface area contributed by atoms with Crippen molar-refractivity contribution in [3.05, 3.63) is 0 Å². The molecular weight excluding hydrogens is 353 g/mol. The highest BCUT2D eigenvalue weighted by molar-refractivity contribution is 5.83. The molecule has 5 rings (SSSR count). The number of carbonyl (C=O) groups excluding carboxylic acids is 2. The maximum atomic E-state index is 15.2. The molecule has 5 saturated heterocycles. The number of fused-ring (bicyclic) bond motifs is 2. The summed E-state index contributed by atoms with van der Waals surface area (Å²) >= 11 is 0. The smallest absolute Gasteiger partial charge is 0.320 e. The number of ether oxygens (including phenoxy) is 1. The number of ketones is 1. The van der Waals surface area contributed by atoms with Crippen LogP contribution in [-0.4, -0.2) is 84.2 Å². The zero-order chi connectivity index (χ0) is 18.7. The highest BCUT2D eigenvalue weighted by atomic mass is 19.1. The first kappa shape index (κ1) is 17.8. The highest BCUT2D eigenvalue weighted by Gasteiger charge is 2.55. The second-order valence-electron chi connectivity index (χ2n) is 8.51. The summed E-state index contributed by atoms with van der Waals surface area (Å²) in [5, 5.41) is 9.62. The van der Waals surface area contributed by atoms with Gasteiger partial charge in [-0.25, -0.2) is 9.18 Å². The van der Waals surface area contributed by atoms with Crippen LogP contribution in [0.25, 0.3) is 0 Å². The summed E-state index contributed by atoms with van der Waals surface area (Å²) in [6.07, 6.45) is -0.273. The molecule has 8 nitrogen and oxygen atoms in total. The van der Waals surface area contributed by atoms with Crippen molar-refractivity contribution >= 4 is 11.8 Å². The number of nitrogens with one attached hydrogen (secondary N) is 3. The van der Waals surface area contributed by atoms with Crippen molar-refractivity contribution in [1.29, 1.82) is 0 Å². The normalized spacial score (nSPS) is 47.9. The van der Waals surface area contributed by atoms with Crippen molar-refractivity contribution < 1.29 is 18.7 Å². The van der Waals surface area contributed by atoms with Gasteiger partial charge in [-0.15, -0.1) is 0 Å². The van der Waals surface area contributed by atoms with Gasteiger partial charge in [-0.05, 0) is 32.7 Å². The number of urea groups is 1. The molecule has 2 amide bonds. The highest BCUT2D eigenvalue weighted by Crippen LogP contribution is 2.36. The summed E-state index contributed by atoms with van der Waals surface area (Å²) in [4.78, 5) is 29.0. The number of halogens is 1. The Morgan fingerprint density at radius 1 is 1.19 bits per heavy atom. The van der Waals surface area contributed by atoms with Crippen molar-refractivity contribution in [3.63, 3.8) is 0 Å². The molecule has 5 aliphatic rings. The fraction of sp³-hybridized carbons (Fsp3) is 0.889. The second-order valence-corrected chi connectivity index (χ2v) is 8.51. The van der Waals surface area contributed by atoms with E-state index in [1.54, 1.807) is 4.90 Å². The van der Waals surface area contributed by atoms with Gasteiger partial charge < -0.3 is 10.1 Å². The first-order valence-electron chi connectivity index (χ1n) is 10.2. The van der Waals surface area contributed by atoms with Gasteiger partial charge in [-0.3, -0.25) is 25.2 Å². The van der Waals surface area contributed by atoms with Crippen LogP contribution in [0.3, 0.4) is 0 Å². The first-order chi connectivity index (χ1) is 13.0. The third-order valence-electron chi connectivity index (χ3n) is 6.88. The molecule has 9 heteroatoms. The topological polar surface area (TPSA) is 85.9 Å². The van der Waals surface area contributed by atoms with Crippen molar-refractivity contribution in [2.24, 2.45) is 5.92 Å². The molecule has 5 fully saturated rings. The molecule has 7 unspecified atom stereocenters. The van der Waals surface area contributed by atoms with Gasteiger partial charge in [0.25, 0.3) is 0 Å². The van der Waals surface area contributed by atoms with E-state index in [-0.39, 0.29) is 54.7 Å². The number of piperidine rings is 3. The third kappa shape index (κ3) is 2.86. The quantitative estimate of drug-likeness (QED) is 0.537. The molecule has 0 aromatic heterocycles. The van der Waals surface area contributed by atoms with Gasteiger partial charge in [0.1, 0.15) is 24.3 Å². The van der Waals surface area contributed by atoms with E-state index in [1.807, 2.05) is 0 Å². The van der Waals surface area contributed by atoms with E-state index in [4.69, 9.17) is 4.74 Å². The van der Waals surface area contributed by atoms with E-state index in [2.05, 4.69) is 27.8 Å². The van der Waals surface area contributed by atoms with E-state index in [0.29, 0.717) is 13.0 Å². The number of hydrogen-bond acceptors (Lipinski definition) is 6. The minimum Gasteiger partial charge on any atom is -0.373 e. The van der Waals surface area contributed by atoms with Crippen LogP contribution in [0.5, 0.6) is 0 Å². The zero-order valence-electron chi connectivity index (χ0n) is 15.6. The lowest BCUT2D eigenvalue weighted by Crippen LogP contribution is -2.70. The van der Waals surface area contributed by atoms with Gasteiger partial charge in [-0.2, -0.15) is 0 Å². The SMILES string of the molecule is C[C@H]1CCN2CCC(=O)C3CC(F)C(NC32)N2C(=O)NC3NCCC(O1)C32. The number of carbonyl (C=O) groups is 2. The van der Waals surface area contributed by atoms with Crippen LogP contribution in [0, 0.1) is 5.92 Å². The Balaban J connectivity index is 1.52. The number of amides is 2. The number of nitrogens with zero attached hydrogens (tertiary/aromatic N) is 2. The molecule has 8 atom stereocenters. The Morgan fingerprint density at radius 2 is 2.04 bits per heavy atom. The van der Waals surface area contributed by atoms with Gasteiger partial charge >= 0.3 is 6.03 Å². The van der Waals surface area contributed by atoms with E-state index in [1.165, 1.54) is 0 Å². The van der Waals surface area contributed by atoms with Crippen molar-refractivity contribution in [2.45, 2.75) is 75.5 Å². The van der Waals surface area contributed by atoms with Crippen molar-refractivity contribution in [2.75, 3.05) is 19.6 Å². The summed E-state index contributed by atoms with van der Waals surface area (Å²) in [5.74, 6) is -0.214. The van der Waals surface area contributed by atoms with E-state index < -0.39 is 12.3 Å². The predicted octanol–water partition coefficient (Wildman–Crippen LogP) is -0.248. The van der Waals surface area contributed by atoms with Crippen LogP contribution in [-0.2, 0) is 9.53 Å². The summed E-state index contributed by atoms with van der Waals surface area (Å²) in [6, 6.07) is -0.529. The molecule has 0 aliphatic carbocycles. The molecule has 0 spiro atoms. The summed E-state index contributed by atoms with van der Waals surface area (Å²) in [5.41, 5.74) is 0. The van der Waals surface area contributed by atoms with Gasteiger partial charge in [0, 0.05) is 25.4 Å². The maximum absolute atomic E-state index is 15.2. The maximum Gasteiger partial charge on any atom is 0.320 e. The van der Waals surface area contributed by atoms with Crippen LogP contribution < -0.4 is 16.0 Å². The van der Waals surface area contributed by atoms with Gasteiger partial charge in [0.05, 0.1) is 24.4 Å². The van der Waals surface area contributed by atoms with Crippen LogP contribution in [0.4, 0.5) is 9.18 Å². The Morgan fingerprint density at radius 3 is 2.89 bits per heavy atom. The lowest BCUT2D eigenvalue weighted by molar-refractivity contribution is -0.136. The number of alkyl halides is 1. The van der Waals surface area contributed by atoms with Crippen LogP contribution >= 0.6 is 0 Å². The molecule has 150 valence electrons. The number of hydrogen-bond donors (Lipinski definition) is 3. The summed E-state index contributed by atoms with van der Waals surface area (Å²) < 4.78 is 21.6. The first-order valence-corrected chi connectivity index (χ1v) is 10.2.